The molecule has 33 heavy (non-hydrogen) atoms. The third-order valence-electron chi connectivity index (χ3n) is 4.49. The maximum Gasteiger partial charge on any atom is 0.318 e. The molecule has 0 fully saturated rings. The van der Waals surface area contributed by atoms with Crippen LogP contribution in [0.25, 0.3) is 22.7 Å². The minimum absolute atomic E-state index is 0.103. The number of fused-ring (bicyclic) bond motifs is 1. The van der Waals surface area contributed by atoms with E-state index in [9.17, 15) is 25.5 Å². The number of para-hydroxylation sites is 2. The van der Waals surface area contributed by atoms with Gasteiger partial charge in [0, 0.05) is 16.1 Å². The zero-order valence-electron chi connectivity index (χ0n) is 16.5. The first-order valence-electron chi connectivity index (χ1n) is 9.23. The lowest BCUT2D eigenvalue weighted by Gasteiger charge is -2.10. The number of benzene rings is 3. The van der Waals surface area contributed by atoms with E-state index in [2.05, 4.69) is 20.9 Å². The van der Waals surface area contributed by atoms with Gasteiger partial charge >= 0.3 is 5.69 Å². The number of nitro groups is 2. The summed E-state index contributed by atoms with van der Waals surface area (Å²) in [7, 11) is 0. The van der Waals surface area contributed by atoms with Gasteiger partial charge in [0.05, 0.1) is 15.9 Å². The zero-order chi connectivity index (χ0) is 23.5. The van der Waals surface area contributed by atoms with Crippen molar-refractivity contribution in [2.45, 2.75) is 0 Å². The number of aromatic nitrogens is 1. The Morgan fingerprint density at radius 1 is 1.06 bits per heavy atom. The van der Waals surface area contributed by atoms with Crippen LogP contribution >= 0.6 is 15.9 Å². The van der Waals surface area contributed by atoms with Gasteiger partial charge in [0.1, 0.15) is 22.9 Å². The van der Waals surface area contributed by atoms with Crippen molar-refractivity contribution in [1.29, 1.82) is 5.26 Å². The highest BCUT2D eigenvalue weighted by Crippen LogP contribution is 2.37. The molecule has 0 aliphatic rings. The highest BCUT2D eigenvalue weighted by Gasteiger charge is 2.22. The van der Waals surface area contributed by atoms with Crippen LogP contribution in [0.1, 0.15) is 11.5 Å². The van der Waals surface area contributed by atoms with E-state index >= 15 is 0 Å². The van der Waals surface area contributed by atoms with Gasteiger partial charge in [0.2, 0.25) is 11.6 Å². The Kier molecular flexibility index (Phi) is 5.84. The second kappa shape index (κ2) is 8.89. The van der Waals surface area contributed by atoms with Crippen molar-refractivity contribution < 1.29 is 19.0 Å². The number of oxazole rings is 1. The number of hydrogen-bond acceptors (Lipinski definition) is 8. The van der Waals surface area contributed by atoms with Crippen LogP contribution in [0.3, 0.4) is 0 Å². The number of rotatable bonds is 6. The Hall–Kier alpha value is -4.56. The summed E-state index contributed by atoms with van der Waals surface area (Å²) in [4.78, 5) is 25.2. The van der Waals surface area contributed by atoms with Crippen molar-refractivity contribution >= 4 is 50.1 Å². The van der Waals surface area contributed by atoms with Crippen molar-refractivity contribution in [3.63, 3.8) is 0 Å². The molecule has 162 valence electrons. The molecule has 10 nitrogen and oxygen atoms in total. The quantitative estimate of drug-likeness (QED) is 0.169. The molecule has 0 N–H and O–H groups in total. The molecule has 1 aromatic heterocycles. The van der Waals surface area contributed by atoms with Crippen LogP contribution in [0.4, 0.5) is 11.4 Å². The van der Waals surface area contributed by atoms with E-state index in [1.54, 1.807) is 42.5 Å². The third kappa shape index (κ3) is 4.56. The zero-order valence-corrected chi connectivity index (χ0v) is 18.1. The fourth-order valence-corrected chi connectivity index (χ4v) is 3.36. The van der Waals surface area contributed by atoms with E-state index in [1.165, 1.54) is 6.08 Å². The van der Waals surface area contributed by atoms with Gasteiger partial charge in [0.15, 0.2) is 5.58 Å². The van der Waals surface area contributed by atoms with Gasteiger partial charge in [-0.3, -0.25) is 20.2 Å². The van der Waals surface area contributed by atoms with Gasteiger partial charge in [-0.1, -0.05) is 28.1 Å². The Morgan fingerprint density at radius 2 is 1.82 bits per heavy atom. The first-order chi connectivity index (χ1) is 15.9. The molecular formula is C22H11BrN4O6. The Labute approximate surface area is 193 Å². The van der Waals surface area contributed by atoms with E-state index in [-0.39, 0.29) is 23.0 Å². The highest BCUT2D eigenvalue weighted by molar-refractivity contribution is 9.10. The largest absolute Gasteiger partial charge is 0.449 e. The molecule has 0 aliphatic carbocycles. The lowest BCUT2D eigenvalue weighted by Crippen LogP contribution is -1.97. The number of allylic oxidation sites excluding steroid dienone is 1. The van der Waals surface area contributed by atoms with Gasteiger partial charge in [-0.05, 0) is 42.5 Å². The van der Waals surface area contributed by atoms with Crippen molar-refractivity contribution in [3.8, 4) is 17.6 Å². The monoisotopic (exact) mass is 506 g/mol. The number of nitrogens with zero attached hydrogens (tertiary/aromatic N) is 4. The smallest absolute Gasteiger partial charge is 0.318 e. The van der Waals surface area contributed by atoms with Crippen molar-refractivity contribution in [2.75, 3.05) is 0 Å². The maximum atomic E-state index is 11.4. The second-order valence-corrected chi connectivity index (χ2v) is 7.52. The molecular weight excluding hydrogens is 496 g/mol. The summed E-state index contributed by atoms with van der Waals surface area (Å²) < 4.78 is 12.1. The van der Waals surface area contributed by atoms with Crippen LogP contribution in [0.2, 0.25) is 0 Å². The fourth-order valence-electron chi connectivity index (χ4n) is 2.98. The molecule has 0 amide bonds. The van der Waals surface area contributed by atoms with Crippen molar-refractivity contribution in [3.05, 3.63) is 96.8 Å². The summed E-state index contributed by atoms with van der Waals surface area (Å²) in [5, 5.41) is 32.1. The summed E-state index contributed by atoms with van der Waals surface area (Å²) in [6, 6.07) is 17.0. The highest BCUT2D eigenvalue weighted by atomic mass is 79.9. The number of ether oxygens (including phenoxy) is 1. The molecule has 0 aliphatic heterocycles. The van der Waals surface area contributed by atoms with Gasteiger partial charge in [-0.25, -0.2) is 4.98 Å². The second-order valence-electron chi connectivity index (χ2n) is 6.61. The molecule has 4 aromatic rings. The number of nitriles is 1. The molecule has 0 bridgehead atoms. The predicted octanol–water partition coefficient (Wildman–Crippen LogP) is 6.26. The molecule has 0 saturated heterocycles. The van der Waals surface area contributed by atoms with Crippen LogP contribution in [-0.2, 0) is 0 Å². The minimum atomic E-state index is -0.768. The van der Waals surface area contributed by atoms with Crippen LogP contribution in [0.15, 0.2) is 69.6 Å². The number of nitro benzene ring substituents is 2. The third-order valence-corrected chi connectivity index (χ3v) is 4.98. The van der Waals surface area contributed by atoms with Gasteiger partial charge < -0.3 is 9.15 Å². The summed E-state index contributed by atoms with van der Waals surface area (Å²) >= 11 is 3.35. The molecule has 0 atom stereocenters. The molecule has 4 rings (SSSR count). The molecule has 1 heterocycles. The van der Waals surface area contributed by atoms with E-state index in [1.807, 2.05) is 6.07 Å². The summed E-state index contributed by atoms with van der Waals surface area (Å²) in [5.74, 6) is 0.0906. The molecule has 0 saturated carbocycles. The van der Waals surface area contributed by atoms with Crippen LogP contribution in [0, 0.1) is 31.6 Å². The number of halogens is 1. The first-order valence-corrected chi connectivity index (χ1v) is 10.0. The van der Waals surface area contributed by atoms with Crippen LogP contribution < -0.4 is 4.74 Å². The van der Waals surface area contributed by atoms with Gasteiger partial charge in [0.25, 0.3) is 5.69 Å². The average molecular weight is 507 g/mol. The molecule has 0 radical (unpaired) electrons. The van der Waals surface area contributed by atoms with Crippen LogP contribution in [0.5, 0.6) is 11.5 Å². The first kappa shape index (κ1) is 21.7. The Bertz CT molecular complexity index is 1460. The fraction of sp³-hybridized carbons (Fsp3) is 0. The molecule has 11 heteroatoms. The Balaban J connectivity index is 1.78. The standard InChI is InChI=1S/C22H11BrN4O6/c23-15-5-7-19(32-21-8-6-16(26(28)29)11-18(21)27(30)31)13(10-15)9-14(12-24)22-25-17-3-1-2-4-20(17)33-22/h1-11H/b14-9+. The minimum Gasteiger partial charge on any atom is -0.449 e. The number of non-ortho nitro benzene ring substituents is 1. The topological polar surface area (TPSA) is 145 Å². The van der Waals surface area contributed by atoms with Crippen LogP contribution in [-0.4, -0.2) is 14.8 Å². The predicted molar refractivity (Wildman–Crippen MR) is 121 cm³/mol. The lowest BCUT2D eigenvalue weighted by atomic mass is 10.1. The van der Waals surface area contributed by atoms with Gasteiger partial charge in [-0.2, -0.15) is 5.26 Å². The van der Waals surface area contributed by atoms with E-state index in [4.69, 9.17) is 9.15 Å². The number of hydrogen-bond donors (Lipinski definition) is 0. The molecule has 0 unspecified atom stereocenters. The normalized spacial score (nSPS) is 11.2. The summed E-state index contributed by atoms with van der Waals surface area (Å²) in [6.45, 7) is 0. The summed E-state index contributed by atoms with van der Waals surface area (Å²) in [5.41, 5.74) is 0.596. The lowest BCUT2D eigenvalue weighted by molar-refractivity contribution is -0.394. The Morgan fingerprint density at radius 3 is 2.52 bits per heavy atom. The summed E-state index contributed by atoms with van der Waals surface area (Å²) in [6.07, 6.45) is 1.47. The average Bonchev–Trinajstić information content (AvgIpc) is 3.23. The molecule has 3 aromatic carbocycles. The maximum absolute atomic E-state index is 11.4. The SMILES string of the molecule is N#C/C(=C\c1cc(Br)ccc1Oc1ccc([N+](=O)[O-])cc1[N+](=O)[O-])c1nc2ccccc2o1. The van der Waals surface area contributed by atoms with Crippen molar-refractivity contribution in [1.82, 2.24) is 4.98 Å². The van der Waals surface area contributed by atoms with Gasteiger partial charge in [-0.15, -0.1) is 0 Å². The molecule has 0 spiro atoms. The van der Waals surface area contributed by atoms with E-state index in [0.717, 1.165) is 18.2 Å². The van der Waals surface area contributed by atoms with E-state index < -0.39 is 21.2 Å². The van der Waals surface area contributed by atoms with Crippen molar-refractivity contribution in [2.24, 2.45) is 0 Å². The van der Waals surface area contributed by atoms with E-state index in [0.29, 0.717) is 21.1 Å².